The Hall–Kier alpha value is -3.27. The molecule has 0 spiro atoms. The van der Waals surface area contributed by atoms with E-state index in [1.165, 1.54) is 23.0 Å². The molecule has 1 aromatic carbocycles. The summed E-state index contributed by atoms with van der Waals surface area (Å²) in [7, 11) is 0. The number of amides is 1. The Kier molecular flexibility index (Phi) is 6.22. The predicted octanol–water partition coefficient (Wildman–Crippen LogP) is 4.98. The Morgan fingerprint density at radius 3 is 2.81 bits per heavy atom. The summed E-state index contributed by atoms with van der Waals surface area (Å²) in [4.78, 5) is 16.9. The minimum atomic E-state index is -4.44. The van der Waals surface area contributed by atoms with Gasteiger partial charge in [0.15, 0.2) is 5.65 Å². The molecular formula is C22H19F3N4O2S. The maximum Gasteiger partial charge on any atom is 0.416 e. The minimum Gasteiger partial charge on any atom is -0.468 e. The third kappa shape index (κ3) is 4.64. The van der Waals surface area contributed by atoms with Crippen molar-refractivity contribution in [3.05, 3.63) is 77.6 Å². The Labute approximate surface area is 185 Å². The second kappa shape index (κ2) is 9.07. The summed E-state index contributed by atoms with van der Waals surface area (Å²) < 4.78 is 45.9. The Balaban J connectivity index is 1.47. The first-order chi connectivity index (χ1) is 15.3. The summed E-state index contributed by atoms with van der Waals surface area (Å²) in [5.41, 5.74) is 1.36. The van der Waals surface area contributed by atoms with Gasteiger partial charge < -0.3 is 9.73 Å². The first-order valence-electron chi connectivity index (χ1n) is 9.74. The van der Waals surface area contributed by atoms with Gasteiger partial charge in [0.1, 0.15) is 5.76 Å². The monoisotopic (exact) mass is 460 g/mol. The third-order valence-corrected chi connectivity index (χ3v) is 5.85. The topological polar surface area (TPSA) is 72.4 Å². The van der Waals surface area contributed by atoms with E-state index >= 15 is 0 Å². The van der Waals surface area contributed by atoms with E-state index in [0.29, 0.717) is 40.3 Å². The quantitative estimate of drug-likeness (QED) is 0.394. The lowest BCUT2D eigenvalue weighted by atomic mass is 10.1. The van der Waals surface area contributed by atoms with Crippen LogP contribution in [0.4, 0.5) is 13.2 Å². The average molecular weight is 460 g/mol. The van der Waals surface area contributed by atoms with E-state index < -0.39 is 11.7 Å². The van der Waals surface area contributed by atoms with Gasteiger partial charge in [0.2, 0.25) is 0 Å². The van der Waals surface area contributed by atoms with Crippen molar-refractivity contribution >= 4 is 23.3 Å². The molecule has 0 fully saturated rings. The molecule has 0 unspecified atom stereocenters. The van der Waals surface area contributed by atoms with Crippen molar-refractivity contribution in [3.63, 3.8) is 0 Å². The summed E-state index contributed by atoms with van der Waals surface area (Å²) in [5.74, 6) is 2.03. The molecule has 3 aromatic heterocycles. The standard InChI is InChI=1S/C22H19F3N4O2S/c1-14-18(21(30)26-7-9-32-13-17-6-3-8-31-17)11-27-20-19(12-28-29(14)20)15-4-2-5-16(10-15)22(23,24)25/h2-6,8,10-12H,7,9,13H2,1H3,(H,26,30). The summed E-state index contributed by atoms with van der Waals surface area (Å²) >= 11 is 1.64. The van der Waals surface area contributed by atoms with Gasteiger partial charge in [-0.2, -0.15) is 30.0 Å². The molecule has 0 atom stereocenters. The highest BCUT2D eigenvalue weighted by molar-refractivity contribution is 7.98. The number of rotatable bonds is 7. The van der Waals surface area contributed by atoms with Crippen molar-refractivity contribution in [1.29, 1.82) is 0 Å². The minimum absolute atomic E-state index is 0.286. The van der Waals surface area contributed by atoms with Crippen LogP contribution in [0.25, 0.3) is 16.8 Å². The Morgan fingerprint density at radius 1 is 1.22 bits per heavy atom. The molecule has 4 rings (SSSR count). The lowest BCUT2D eigenvalue weighted by Crippen LogP contribution is -2.27. The van der Waals surface area contributed by atoms with Gasteiger partial charge >= 0.3 is 6.18 Å². The molecule has 32 heavy (non-hydrogen) atoms. The molecule has 0 aliphatic rings. The number of thioether (sulfide) groups is 1. The first kappa shape index (κ1) is 21.9. The van der Waals surface area contributed by atoms with Crippen LogP contribution in [0.2, 0.25) is 0 Å². The molecule has 6 nitrogen and oxygen atoms in total. The van der Waals surface area contributed by atoms with Crippen LogP contribution >= 0.6 is 11.8 Å². The van der Waals surface area contributed by atoms with Crippen LogP contribution in [-0.2, 0) is 11.9 Å². The SMILES string of the molecule is Cc1c(C(=O)NCCSCc2ccco2)cnc2c(-c3cccc(C(F)(F)F)c3)cnn12. The van der Waals surface area contributed by atoms with Gasteiger partial charge in [-0.15, -0.1) is 0 Å². The maximum atomic E-state index is 13.1. The molecular weight excluding hydrogens is 441 g/mol. The number of nitrogens with one attached hydrogen (secondary N) is 1. The van der Waals surface area contributed by atoms with Crippen molar-refractivity contribution in [2.24, 2.45) is 0 Å². The van der Waals surface area contributed by atoms with Crippen LogP contribution < -0.4 is 5.32 Å². The lowest BCUT2D eigenvalue weighted by Gasteiger charge is -2.10. The number of hydrogen-bond donors (Lipinski definition) is 1. The summed E-state index contributed by atoms with van der Waals surface area (Å²) in [6.07, 6.45) is 0.0632. The van der Waals surface area contributed by atoms with Gasteiger partial charge in [-0.1, -0.05) is 12.1 Å². The van der Waals surface area contributed by atoms with Crippen molar-refractivity contribution in [1.82, 2.24) is 19.9 Å². The molecule has 166 valence electrons. The number of benzene rings is 1. The number of aryl methyl sites for hydroxylation is 1. The summed E-state index contributed by atoms with van der Waals surface area (Å²) in [6, 6.07) is 8.73. The second-order valence-electron chi connectivity index (χ2n) is 7.02. The summed E-state index contributed by atoms with van der Waals surface area (Å²) in [6.45, 7) is 2.19. The fourth-order valence-corrected chi connectivity index (χ4v) is 3.99. The van der Waals surface area contributed by atoms with Crippen LogP contribution in [0.15, 0.2) is 59.5 Å². The fraction of sp³-hybridized carbons (Fsp3) is 0.227. The van der Waals surface area contributed by atoms with E-state index in [1.54, 1.807) is 31.0 Å². The van der Waals surface area contributed by atoms with Gasteiger partial charge in [0.05, 0.1) is 35.0 Å². The van der Waals surface area contributed by atoms with Gasteiger partial charge in [0.25, 0.3) is 5.91 Å². The number of halogens is 3. The highest BCUT2D eigenvalue weighted by Gasteiger charge is 2.30. The van der Waals surface area contributed by atoms with Crippen molar-refractivity contribution in [2.45, 2.75) is 18.9 Å². The van der Waals surface area contributed by atoms with Crippen LogP contribution in [0.3, 0.4) is 0 Å². The van der Waals surface area contributed by atoms with Gasteiger partial charge in [-0.25, -0.2) is 9.50 Å². The smallest absolute Gasteiger partial charge is 0.416 e. The molecule has 4 aromatic rings. The van der Waals surface area contributed by atoms with Crippen LogP contribution in [-0.4, -0.2) is 32.8 Å². The first-order valence-corrected chi connectivity index (χ1v) is 10.9. The zero-order valence-corrected chi connectivity index (χ0v) is 17.8. The van der Waals surface area contributed by atoms with E-state index in [2.05, 4.69) is 15.4 Å². The highest BCUT2D eigenvalue weighted by Crippen LogP contribution is 2.33. The Morgan fingerprint density at radius 2 is 2.06 bits per heavy atom. The number of hydrogen-bond acceptors (Lipinski definition) is 5. The van der Waals surface area contributed by atoms with E-state index in [0.717, 1.165) is 23.6 Å². The zero-order valence-electron chi connectivity index (χ0n) is 17.0. The van der Waals surface area contributed by atoms with Gasteiger partial charge in [0, 0.05) is 24.1 Å². The molecule has 1 amide bonds. The van der Waals surface area contributed by atoms with Crippen LogP contribution in [0.1, 0.15) is 27.4 Å². The van der Waals surface area contributed by atoms with E-state index in [4.69, 9.17) is 4.42 Å². The van der Waals surface area contributed by atoms with Gasteiger partial charge in [-0.05, 0) is 36.8 Å². The van der Waals surface area contributed by atoms with E-state index in [1.807, 2.05) is 12.1 Å². The van der Waals surface area contributed by atoms with Crippen LogP contribution in [0, 0.1) is 6.92 Å². The molecule has 3 heterocycles. The zero-order chi connectivity index (χ0) is 22.7. The molecule has 0 saturated heterocycles. The number of fused-ring (bicyclic) bond motifs is 1. The molecule has 0 radical (unpaired) electrons. The normalized spacial score (nSPS) is 11.8. The molecule has 10 heteroatoms. The maximum absolute atomic E-state index is 13.1. The fourth-order valence-electron chi connectivity index (χ4n) is 3.23. The number of carbonyl (C=O) groups excluding carboxylic acids is 1. The number of aromatic nitrogens is 3. The number of carbonyl (C=O) groups is 1. The average Bonchev–Trinajstić information content (AvgIpc) is 3.43. The molecule has 1 N–H and O–H groups in total. The van der Waals surface area contributed by atoms with Crippen molar-refractivity contribution < 1.29 is 22.4 Å². The molecule has 0 bridgehead atoms. The molecule has 0 aliphatic carbocycles. The van der Waals surface area contributed by atoms with E-state index in [9.17, 15) is 18.0 Å². The van der Waals surface area contributed by atoms with Gasteiger partial charge in [-0.3, -0.25) is 4.79 Å². The van der Waals surface area contributed by atoms with Crippen molar-refractivity contribution in [3.8, 4) is 11.1 Å². The summed E-state index contributed by atoms with van der Waals surface area (Å²) in [5, 5.41) is 7.10. The van der Waals surface area contributed by atoms with Crippen LogP contribution in [0.5, 0.6) is 0 Å². The lowest BCUT2D eigenvalue weighted by molar-refractivity contribution is -0.137. The highest BCUT2D eigenvalue weighted by atomic mass is 32.2. The second-order valence-corrected chi connectivity index (χ2v) is 8.12. The molecule has 0 saturated carbocycles. The number of alkyl halides is 3. The number of furan rings is 1. The third-order valence-electron chi connectivity index (χ3n) is 4.87. The molecule has 0 aliphatic heterocycles. The number of nitrogens with zero attached hydrogens (tertiary/aromatic N) is 3. The van der Waals surface area contributed by atoms with E-state index in [-0.39, 0.29) is 5.91 Å². The Bertz CT molecular complexity index is 1240. The van der Waals surface area contributed by atoms with Crippen molar-refractivity contribution in [2.75, 3.05) is 12.3 Å². The predicted molar refractivity (Wildman–Crippen MR) is 115 cm³/mol. The largest absolute Gasteiger partial charge is 0.468 e.